The highest BCUT2D eigenvalue weighted by Crippen LogP contribution is 2.34. The first-order valence-corrected chi connectivity index (χ1v) is 11.6. The van der Waals surface area contributed by atoms with Crippen molar-refractivity contribution in [1.29, 1.82) is 0 Å². The maximum Gasteiger partial charge on any atom is 0.416 e. The smallest absolute Gasteiger partial charge is 0.394 e. The number of amides is 2. The normalized spacial score (nSPS) is 12.3. The van der Waals surface area contributed by atoms with Crippen LogP contribution >= 0.6 is 35.0 Å². The van der Waals surface area contributed by atoms with Crippen LogP contribution in [0.4, 0.5) is 18.9 Å². The molecule has 0 spiro atoms. The molecule has 35 heavy (non-hydrogen) atoms. The highest BCUT2D eigenvalue weighted by atomic mass is 35.5. The average molecular weight is 548 g/mol. The Morgan fingerprint density at radius 1 is 1.14 bits per heavy atom. The Morgan fingerprint density at radius 2 is 1.86 bits per heavy atom. The molecule has 0 radical (unpaired) electrons. The van der Waals surface area contributed by atoms with E-state index < -0.39 is 36.2 Å². The van der Waals surface area contributed by atoms with E-state index in [9.17, 15) is 27.9 Å². The minimum atomic E-state index is -4.58. The lowest BCUT2D eigenvalue weighted by Gasteiger charge is -2.16. The van der Waals surface area contributed by atoms with E-state index in [2.05, 4.69) is 20.8 Å². The zero-order valence-corrected chi connectivity index (χ0v) is 20.3. The minimum Gasteiger partial charge on any atom is -0.394 e. The van der Waals surface area contributed by atoms with E-state index in [1.165, 1.54) is 10.6 Å². The number of aliphatic hydroxyl groups is 1. The van der Waals surface area contributed by atoms with Crippen molar-refractivity contribution in [2.45, 2.75) is 17.4 Å². The van der Waals surface area contributed by atoms with E-state index in [0.717, 1.165) is 30.0 Å². The van der Waals surface area contributed by atoms with Gasteiger partial charge in [-0.25, -0.2) is 0 Å². The van der Waals surface area contributed by atoms with Crippen LogP contribution in [0.2, 0.25) is 10.0 Å². The quantitative estimate of drug-likeness (QED) is 0.362. The summed E-state index contributed by atoms with van der Waals surface area (Å²) in [4.78, 5) is 24.8. The SMILES string of the molecule is Cn1c(SCC(=O)Nc2cc(C(F)(F)F)ccc2Cl)nnc1[C@@H](CO)NC(=O)c1ccccc1Cl. The number of anilines is 1. The number of carbonyl (C=O) groups excluding carboxylic acids is 2. The lowest BCUT2D eigenvalue weighted by atomic mass is 10.2. The van der Waals surface area contributed by atoms with Gasteiger partial charge in [0.15, 0.2) is 11.0 Å². The first kappa shape index (κ1) is 26.8. The highest BCUT2D eigenvalue weighted by molar-refractivity contribution is 7.99. The van der Waals surface area contributed by atoms with Crippen LogP contribution in [0.5, 0.6) is 0 Å². The van der Waals surface area contributed by atoms with Crippen molar-refractivity contribution in [3.8, 4) is 0 Å². The summed E-state index contributed by atoms with van der Waals surface area (Å²) in [5.41, 5.74) is -0.903. The Morgan fingerprint density at radius 3 is 2.51 bits per heavy atom. The molecule has 0 aliphatic carbocycles. The molecule has 3 rings (SSSR count). The van der Waals surface area contributed by atoms with E-state index in [0.29, 0.717) is 0 Å². The second kappa shape index (κ2) is 11.3. The predicted molar refractivity (Wildman–Crippen MR) is 126 cm³/mol. The summed E-state index contributed by atoms with van der Waals surface area (Å²) in [6, 6.07) is 8.10. The lowest BCUT2D eigenvalue weighted by Crippen LogP contribution is -2.32. The summed E-state index contributed by atoms with van der Waals surface area (Å²) in [6.45, 7) is -0.485. The van der Waals surface area contributed by atoms with Gasteiger partial charge < -0.3 is 20.3 Å². The first-order valence-electron chi connectivity index (χ1n) is 9.86. The Labute approximate surface area is 211 Å². The average Bonchev–Trinajstić information content (AvgIpc) is 3.17. The molecule has 0 saturated heterocycles. The molecule has 3 aromatic rings. The van der Waals surface area contributed by atoms with Crippen LogP contribution in [0.3, 0.4) is 0 Å². The van der Waals surface area contributed by atoms with Crippen LogP contribution in [-0.4, -0.2) is 44.0 Å². The molecular formula is C21H18Cl2F3N5O3S. The van der Waals surface area contributed by atoms with Crippen molar-refractivity contribution >= 4 is 52.5 Å². The van der Waals surface area contributed by atoms with Crippen LogP contribution in [0, 0.1) is 0 Å². The fraction of sp³-hybridized carbons (Fsp3) is 0.238. The van der Waals surface area contributed by atoms with Gasteiger partial charge in [0.25, 0.3) is 5.91 Å². The number of benzene rings is 2. The number of nitrogens with one attached hydrogen (secondary N) is 2. The Bertz CT molecular complexity index is 1240. The third kappa shape index (κ3) is 6.66. The van der Waals surface area contributed by atoms with E-state index in [4.69, 9.17) is 23.2 Å². The molecule has 1 aromatic heterocycles. The van der Waals surface area contributed by atoms with Gasteiger partial charge in [-0.3, -0.25) is 9.59 Å². The number of hydrogen-bond acceptors (Lipinski definition) is 6. The summed E-state index contributed by atoms with van der Waals surface area (Å²) >= 11 is 12.9. The first-order chi connectivity index (χ1) is 16.5. The molecule has 2 aromatic carbocycles. The van der Waals surface area contributed by atoms with Crippen molar-refractivity contribution in [2.75, 3.05) is 17.7 Å². The predicted octanol–water partition coefficient (Wildman–Crippen LogP) is 4.33. The summed E-state index contributed by atoms with van der Waals surface area (Å²) < 4.78 is 40.2. The maximum absolute atomic E-state index is 12.9. The molecule has 2 amide bonds. The monoisotopic (exact) mass is 547 g/mol. The molecule has 1 heterocycles. The molecule has 3 N–H and O–H groups in total. The number of aliphatic hydroxyl groups excluding tert-OH is 1. The van der Waals surface area contributed by atoms with Gasteiger partial charge in [0, 0.05) is 7.05 Å². The highest BCUT2D eigenvalue weighted by Gasteiger charge is 2.31. The summed E-state index contributed by atoms with van der Waals surface area (Å²) in [7, 11) is 1.57. The summed E-state index contributed by atoms with van der Waals surface area (Å²) in [5, 5.41) is 23.1. The Hall–Kier alpha value is -2.80. The number of alkyl halides is 3. The number of rotatable bonds is 8. The van der Waals surface area contributed by atoms with Gasteiger partial charge >= 0.3 is 6.18 Å². The second-order valence-corrected chi connectivity index (χ2v) is 8.87. The molecule has 14 heteroatoms. The van der Waals surface area contributed by atoms with E-state index >= 15 is 0 Å². The Kier molecular flexibility index (Phi) is 8.65. The van der Waals surface area contributed by atoms with Crippen LogP contribution in [0.15, 0.2) is 47.6 Å². The van der Waals surface area contributed by atoms with E-state index in [-0.39, 0.29) is 38.0 Å². The van der Waals surface area contributed by atoms with E-state index in [1.807, 2.05) is 0 Å². The number of nitrogens with zero attached hydrogens (tertiary/aromatic N) is 3. The van der Waals surface area contributed by atoms with Gasteiger partial charge in [-0.05, 0) is 30.3 Å². The van der Waals surface area contributed by atoms with Gasteiger partial charge in [-0.15, -0.1) is 10.2 Å². The molecule has 1 atom stereocenters. The largest absolute Gasteiger partial charge is 0.416 e. The molecule has 0 aliphatic rings. The third-order valence-corrected chi connectivity index (χ3v) is 6.37. The third-order valence-electron chi connectivity index (χ3n) is 4.69. The van der Waals surface area contributed by atoms with Crippen molar-refractivity contribution in [2.24, 2.45) is 7.05 Å². The molecule has 186 valence electrons. The lowest BCUT2D eigenvalue weighted by molar-refractivity contribution is -0.137. The number of aromatic nitrogens is 3. The molecule has 8 nitrogen and oxygen atoms in total. The number of thioether (sulfide) groups is 1. The Balaban J connectivity index is 1.65. The van der Waals surface area contributed by atoms with Crippen LogP contribution in [0.1, 0.15) is 27.8 Å². The maximum atomic E-state index is 12.9. The fourth-order valence-electron chi connectivity index (χ4n) is 2.94. The van der Waals surface area contributed by atoms with Crippen LogP contribution < -0.4 is 10.6 Å². The molecular weight excluding hydrogens is 530 g/mol. The van der Waals surface area contributed by atoms with Gasteiger partial charge in [0.2, 0.25) is 5.91 Å². The number of halogens is 5. The van der Waals surface area contributed by atoms with Gasteiger partial charge in [0.1, 0.15) is 6.04 Å². The van der Waals surface area contributed by atoms with Crippen molar-refractivity contribution < 1.29 is 27.9 Å². The van der Waals surface area contributed by atoms with Gasteiger partial charge in [-0.1, -0.05) is 47.1 Å². The molecule has 0 aliphatic heterocycles. The van der Waals surface area contributed by atoms with Crippen molar-refractivity contribution in [3.05, 3.63) is 69.5 Å². The fourth-order valence-corrected chi connectivity index (χ4v) is 4.05. The van der Waals surface area contributed by atoms with Gasteiger partial charge in [-0.2, -0.15) is 13.2 Å². The van der Waals surface area contributed by atoms with E-state index in [1.54, 1.807) is 25.2 Å². The zero-order chi connectivity index (χ0) is 25.8. The molecule has 0 saturated carbocycles. The molecule has 0 bridgehead atoms. The standard InChI is InChI=1S/C21H18Cl2F3N5O3S/c1-31-18(16(9-32)28-19(34)12-4-2-3-5-13(12)22)29-30-20(31)35-10-17(33)27-15-8-11(21(24,25)26)6-7-14(15)23/h2-8,16,32H,9-10H2,1H3,(H,27,33)(H,28,34)/t16-/m1/s1. The van der Waals surface area contributed by atoms with Crippen LogP contribution in [-0.2, 0) is 18.0 Å². The van der Waals surface area contributed by atoms with Gasteiger partial charge in [0.05, 0.1) is 39.2 Å². The second-order valence-electron chi connectivity index (χ2n) is 7.12. The molecule has 0 fully saturated rings. The van der Waals surface area contributed by atoms with Crippen molar-refractivity contribution in [1.82, 2.24) is 20.1 Å². The topological polar surface area (TPSA) is 109 Å². The van der Waals surface area contributed by atoms with Crippen molar-refractivity contribution in [3.63, 3.8) is 0 Å². The number of hydrogen-bond donors (Lipinski definition) is 3. The number of carbonyl (C=O) groups is 2. The molecule has 0 unspecified atom stereocenters. The summed E-state index contributed by atoms with van der Waals surface area (Å²) in [6.07, 6.45) is -4.58. The summed E-state index contributed by atoms with van der Waals surface area (Å²) in [5.74, 6) is -1.14. The minimum absolute atomic E-state index is 0.0441. The van der Waals surface area contributed by atoms with Crippen LogP contribution in [0.25, 0.3) is 0 Å². The zero-order valence-electron chi connectivity index (χ0n) is 17.9.